The van der Waals surface area contributed by atoms with Crippen LogP contribution in [0.15, 0.2) is 24.3 Å². The van der Waals surface area contributed by atoms with E-state index < -0.39 is 0 Å². The van der Waals surface area contributed by atoms with Crippen molar-refractivity contribution in [1.29, 1.82) is 0 Å². The molecule has 1 atom stereocenters. The van der Waals surface area contributed by atoms with Crippen LogP contribution in [0, 0.1) is 5.82 Å². The molecule has 1 unspecified atom stereocenters. The summed E-state index contributed by atoms with van der Waals surface area (Å²) in [5, 5.41) is 2.89. The Morgan fingerprint density at radius 1 is 1.35 bits per heavy atom. The first-order valence-corrected chi connectivity index (χ1v) is 6.13. The Balaban J connectivity index is 2.09. The number of hydrazine groups is 1. The van der Waals surface area contributed by atoms with E-state index in [0.29, 0.717) is 0 Å². The molecule has 0 aliphatic carbocycles. The Morgan fingerprint density at radius 3 is 2.76 bits per heavy atom. The zero-order valence-electron chi connectivity index (χ0n) is 9.61. The molecule has 0 amide bonds. The number of rotatable bonds is 1. The number of thiocarbonyl (C=S) groups is 1. The van der Waals surface area contributed by atoms with Crippen LogP contribution in [0.25, 0.3) is 0 Å². The molecule has 2 aliphatic heterocycles. The largest absolute Gasteiger partial charge is 0.327 e. The second kappa shape index (κ2) is 3.65. The third-order valence-electron chi connectivity index (χ3n) is 3.75. The lowest BCUT2D eigenvalue weighted by Gasteiger charge is -2.36. The van der Waals surface area contributed by atoms with Gasteiger partial charge in [-0.2, -0.15) is 5.01 Å². The number of benzene rings is 1. The summed E-state index contributed by atoms with van der Waals surface area (Å²) in [6.45, 7) is 0.960. The van der Waals surface area contributed by atoms with Gasteiger partial charge in [0.15, 0.2) is 5.11 Å². The van der Waals surface area contributed by atoms with Crippen molar-refractivity contribution in [2.45, 2.75) is 18.5 Å². The topological polar surface area (TPSA) is 18.5 Å². The molecule has 3 nitrogen and oxygen atoms in total. The fraction of sp³-hybridized carbons (Fsp3) is 0.417. The van der Waals surface area contributed by atoms with Gasteiger partial charge in [0, 0.05) is 13.6 Å². The maximum atomic E-state index is 13.0. The van der Waals surface area contributed by atoms with Gasteiger partial charge in [-0.15, -0.1) is 0 Å². The average Bonchev–Trinajstić information content (AvgIpc) is 2.82. The normalized spacial score (nSPS) is 28.4. The zero-order valence-corrected chi connectivity index (χ0v) is 10.4. The number of fused-ring (bicyclic) bond motifs is 1. The summed E-state index contributed by atoms with van der Waals surface area (Å²) in [5.74, 6) is -0.203. The van der Waals surface area contributed by atoms with E-state index in [0.717, 1.165) is 30.1 Å². The molecule has 1 aromatic carbocycles. The maximum absolute atomic E-state index is 13.0. The number of hydrogen-bond acceptors (Lipinski definition) is 2. The van der Waals surface area contributed by atoms with Crippen molar-refractivity contribution >= 4 is 17.3 Å². The molecule has 2 saturated heterocycles. The fourth-order valence-electron chi connectivity index (χ4n) is 2.87. The van der Waals surface area contributed by atoms with Crippen LogP contribution < -0.4 is 5.43 Å². The van der Waals surface area contributed by atoms with Gasteiger partial charge in [-0.3, -0.25) is 5.43 Å². The van der Waals surface area contributed by atoms with E-state index in [1.165, 1.54) is 12.1 Å². The molecule has 0 bridgehead atoms. The van der Waals surface area contributed by atoms with Gasteiger partial charge < -0.3 is 4.90 Å². The third-order valence-corrected chi connectivity index (χ3v) is 4.12. The zero-order chi connectivity index (χ0) is 12.0. The first-order valence-electron chi connectivity index (χ1n) is 5.73. The molecule has 17 heavy (non-hydrogen) atoms. The Kier molecular flexibility index (Phi) is 2.34. The lowest BCUT2D eigenvalue weighted by Crippen LogP contribution is -2.46. The Hall–Kier alpha value is -1.20. The lowest BCUT2D eigenvalue weighted by molar-refractivity contribution is 0.0557. The Bertz CT molecular complexity index is 461. The van der Waals surface area contributed by atoms with Crippen molar-refractivity contribution < 1.29 is 4.39 Å². The molecular weight excluding hydrogens is 237 g/mol. The maximum Gasteiger partial charge on any atom is 0.185 e. The Labute approximate surface area is 105 Å². The van der Waals surface area contributed by atoms with Crippen LogP contribution in [0.3, 0.4) is 0 Å². The van der Waals surface area contributed by atoms with Crippen LogP contribution in [0.1, 0.15) is 18.4 Å². The minimum atomic E-state index is -0.231. The number of hydrogen-bond donors (Lipinski definition) is 1. The van der Waals surface area contributed by atoms with Crippen molar-refractivity contribution in [2.75, 3.05) is 13.6 Å². The summed E-state index contributed by atoms with van der Waals surface area (Å²) in [6.07, 6.45) is 2.11. The molecule has 1 N–H and O–H groups in total. The smallest absolute Gasteiger partial charge is 0.185 e. The minimum Gasteiger partial charge on any atom is -0.327 e. The van der Waals surface area contributed by atoms with E-state index in [2.05, 4.69) is 15.3 Å². The first-order chi connectivity index (χ1) is 8.14. The second-order valence-corrected chi connectivity index (χ2v) is 4.94. The minimum absolute atomic E-state index is 0.203. The SMILES string of the molecule is CN1C(=S)NN2CCCC21c1ccc(F)cc1. The molecule has 0 spiro atoms. The summed E-state index contributed by atoms with van der Waals surface area (Å²) in [7, 11) is 1.99. The van der Waals surface area contributed by atoms with Crippen molar-refractivity contribution in [3.05, 3.63) is 35.6 Å². The highest BCUT2D eigenvalue weighted by Crippen LogP contribution is 2.43. The van der Waals surface area contributed by atoms with E-state index in [9.17, 15) is 4.39 Å². The van der Waals surface area contributed by atoms with Crippen LogP contribution >= 0.6 is 12.2 Å². The molecular formula is C12H14FN3S. The van der Waals surface area contributed by atoms with Gasteiger partial charge in [0.1, 0.15) is 11.5 Å². The van der Waals surface area contributed by atoms with Crippen molar-refractivity contribution in [2.24, 2.45) is 0 Å². The highest BCUT2D eigenvalue weighted by molar-refractivity contribution is 7.80. The molecule has 2 heterocycles. The summed E-state index contributed by atoms with van der Waals surface area (Å²) in [6, 6.07) is 6.71. The van der Waals surface area contributed by atoms with E-state index in [1.807, 2.05) is 19.2 Å². The van der Waals surface area contributed by atoms with E-state index in [-0.39, 0.29) is 11.5 Å². The summed E-state index contributed by atoms with van der Waals surface area (Å²) in [5.41, 5.74) is 4.07. The highest BCUT2D eigenvalue weighted by Gasteiger charge is 2.51. The lowest BCUT2D eigenvalue weighted by atomic mass is 9.96. The van der Waals surface area contributed by atoms with Crippen LogP contribution in [-0.2, 0) is 5.66 Å². The van der Waals surface area contributed by atoms with Gasteiger partial charge >= 0.3 is 0 Å². The molecule has 0 radical (unpaired) electrons. The van der Waals surface area contributed by atoms with Crippen molar-refractivity contribution in [1.82, 2.24) is 15.3 Å². The van der Waals surface area contributed by atoms with Gasteiger partial charge in [-0.25, -0.2) is 4.39 Å². The van der Waals surface area contributed by atoms with Crippen LogP contribution in [0.2, 0.25) is 0 Å². The highest BCUT2D eigenvalue weighted by atomic mass is 32.1. The van der Waals surface area contributed by atoms with E-state index in [4.69, 9.17) is 12.2 Å². The number of nitrogens with one attached hydrogen (secondary N) is 1. The van der Waals surface area contributed by atoms with Crippen molar-refractivity contribution in [3.8, 4) is 0 Å². The molecule has 2 aliphatic rings. The molecule has 1 aromatic rings. The second-order valence-electron chi connectivity index (χ2n) is 4.55. The number of halogens is 1. The van der Waals surface area contributed by atoms with Gasteiger partial charge in [-0.05, 0) is 42.8 Å². The van der Waals surface area contributed by atoms with Crippen LogP contribution in [-0.4, -0.2) is 28.6 Å². The van der Waals surface area contributed by atoms with Crippen LogP contribution in [0.5, 0.6) is 0 Å². The number of nitrogens with zero attached hydrogens (tertiary/aromatic N) is 2. The molecule has 5 heteroatoms. The van der Waals surface area contributed by atoms with E-state index >= 15 is 0 Å². The fourth-order valence-corrected chi connectivity index (χ4v) is 3.13. The Morgan fingerprint density at radius 2 is 2.06 bits per heavy atom. The molecule has 0 saturated carbocycles. The summed E-state index contributed by atoms with van der Waals surface area (Å²) >= 11 is 5.29. The summed E-state index contributed by atoms with van der Waals surface area (Å²) in [4.78, 5) is 2.07. The van der Waals surface area contributed by atoms with Gasteiger partial charge in [0.2, 0.25) is 0 Å². The average molecular weight is 251 g/mol. The third kappa shape index (κ3) is 1.39. The predicted molar refractivity (Wildman–Crippen MR) is 67.5 cm³/mol. The monoisotopic (exact) mass is 251 g/mol. The van der Waals surface area contributed by atoms with Crippen molar-refractivity contribution in [3.63, 3.8) is 0 Å². The van der Waals surface area contributed by atoms with E-state index in [1.54, 1.807) is 0 Å². The van der Waals surface area contributed by atoms with Gasteiger partial charge in [0.05, 0.1) is 0 Å². The molecule has 0 aromatic heterocycles. The first kappa shape index (κ1) is 10.9. The standard InChI is InChI=1S/C12H14FN3S/c1-15-11(17)14-16-8-2-7-12(15,16)9-3-5-10(13)6-4-9/h3-6H,2,7-8H2,1H3,(H,14,17). The molecule has 3 rings (SSSR count). The molecule has 2 fully saturated rings. The van der Waals surface area contributed by atoms with Gasteiger partial charge in [0.25, 0.3) is 0 Å². The molecule has 90 valence electrons. The van der Waals surface area contributed by atoms with Crippen LogP contribution in [0.4, 0.5) is 4.39 Å². The van der Waals surface area contributed by atoms with Gasteiger partial charge in [-0.1, -0.05) is 12.1 Å². The predicted octanol–water partition coefficient (Wildman–Crippen LogP) is 1.81. The summed E-state index contributed by atoms with van der Waals surface area (Å²) < 4.78 is 13.0. The quantitative estimate of drug-likeness (QED) is 0.767.